The van der Waals surface area contributed by atoms with Crippen LogP contribution in [0.1, 0.15) is 22.3 Å². The van der Waals surface area contributed by atoms with E-state index in [0.717, 1.165) is 11.8 Å². The first-order chi connectivity index (χ1) is 11.8. The second-order valence-corrected chi connectivity index (χ2v) is 7.68. The fourth-order valence-electron chi connectivity index (χ4n) is 2.24. The van der Waals surface area contributed by atoms with E-state index in [0.29, 0.717) is 11.3 Å². The van der Waals surface area contributed by atoms with E-state index < -0.39 is 9.84 Å². The van der Waals surface area contributed by atoms with Crippen LogP contribution >= 0.6 is 0 Å². The zero-order valence-corrected chi connectivity index (χ0v) is 14.9. The Morgan fingerprint density at radius 1 is 1.04 bits per heavy atom. The van der Waals surface area contributed by atoms with Crippen LogP contribution in [0.25, 0.3) is 0 Å². The second kappa shape index (κ2) is 7.94. The molecule has 0 fully saturated rings. The number of carbonyl (C=O) groups excluding carboxylic acids is 2. The van der Waals surface area contributed by atoms with E-state index in [1.807, 2.05) is 19.1 Å². The second-order valence-electron chi connectivity index (χ2n) is 5.67. The van der Waals surface area contributed by atoms with E-state index in [-0.39, 0.29) is 29.7 Å². The summed E-state index contributed by atoms with van der Waals surface area (Å²) in [6.45, 7) is 2.03. The molecule has 0 unspecified atom stereocenters. The van der Waals surface area contributed by atoms with Crippen molar-refractivity contribution in [3.63, 3.8) is 0 Å². The first-order valence-corrected chi connectivity index (χ1v) is 9.60. The molecule has 0 saturated carbocycles. The zero-order chi connectivity index (χ0) is 18.4. The molecule has 0 bridgehead atoms. The quantitative estimate of drug-likeness (QED) is 0.826. The van der Waals surface area contributed by atoms with E-state index in [1.165, 1.54) is 12.1 Å². The van der Waals surface area contributed by atoms with E-state index >= 15 is 0 Å². The molecule has 6 nitrogen and oxygen atoms in total. The number of hydrogen-bond acceptors (Lipinski definition) is 4. The third-order valence-corrected chi connectivity index (χ3v) is 4.68. The largest absolute Gasteiger partial charge is 0.352 e. The molecule has 0 spiro atoms. The highest BCUT2D eigenvalue weighted by Crippen LogP contribution is 2.15. The van der Waals surface area contributed by atoms with Gasteiger partial charge in [-0.3, -0.25) is 9.59 Å². The Balaban J connectivity index is 1.87. The van der Waals surface area contributed by atoms with Crippen molar-refractivity contribution in [3.8, 4) is 0 Å². The summed E-state index contributed by atoms with van der Waals surface area (Å²) in [6, 6.07) is 13.2. The van der Waals surface area contributed by atoms with Crippen LogP contribution in [-0.2, 0) is 14.6 Å². The van der Waals surface area contributed by atoms with Crippen LogP contribution in [0, 0.1) is 6.92 Å². The summed E-state index contributed by atoms with van der Waals surface area (Å²) in [6.07, 6.45) is 1.19. The maximum atomic E-state index is 12.1. The number of nitrogens with one attached hydrogen (secondary N) is 2. The van der Waals surface area contributed by atoms with Gasteiger partial charge in [-0.05, 0) is 36.8 Å². The number of aryl methyl sites for hydroxylation is 1. The normalized spacial score (nSPS) is 11.0. The van der Waals surface area contributed by atoms with Crippen molar-refractivity contribution in [1.82, 2.24) is 5.32 Å². The van der Waals surface area contributed by atoms with Gasteiger partial charge in [0, 0.05) is 30.5 Å². The lowest BCUT2D eigenvalue weighted by Gasteiger charge is -2.09. The fourth-order valence-corrected chi connectivity index (χ4v) is 2.91. The molecule has 7 heteroatoms. The third-order valence-electron chi connectivity index (χ3n) is 3.57. The van der Waals surface area contributed by atoms with Gasteiger partial charge in [-0.1, -0.05) is 24.3 Å². The maximum absolute atomic E-state index is 12.1. The molecule has 2 N–H and O–H groups in total. The molecule has 2 aromatic rings. The minimum atomic E-state index is -3.33. The Morgan fingerprint density at radius 2 is 1.76 bits per heavy atom. The molecule has 0 heterocycles. The highest BCUT2D eigenvalue weighted by molar-refractivity contribution is 7.90. The standard InChI is InChI=1S/C18H20N2O4S/c1-13-6-3-4-9-16(13)18(22)19-11-10-17(21)20-14-7-5-8-15(12-14)25(2,23)24/h3-9,12H,10-11H2,1-2H3,(H,19,22)(H,20,21). The van der Waals surface area contributed by atoms with E-state index in [9.17, 15) is 18.0 Å². The van der Waals surface area contributed by atoms with Gasteiger partial charge in [0.1, 0.15) is 0 Å². The molecule has 0 aliphatic heterocycles. The van der Waals surface area contributed by atoms with Gasteiger partial charge >= 0.3 is 0 Å². The average molecular weight is 360 g/mol. The van der Waals surface area contributed by atoms with E-state index in [1.54, 1.807) is 24.3 Å². The summed E-state index contributed by atoms with van der Waals surface area (Å²) in [5, 5.41) is 5.32. The fraction of sp³-hybridized carbons (Fsp3) is 0.222. The van der Waals surface area contributed by atoms with Crippen LogP contribution in [0.5, 0.6) is 0 Å². The summed E-state index contributed by atoms with van der Waals surface area (Å²) < 4.78 is 23.0. The summed E-state index contributed by atoms with van der Waals surface area (Å²) in [4.78, 5) is 24.1. The number of anilines is 1. The van der Waals surface area contributed by atoms with Gasteiger partial charge in [0.05, 0.1) is 4.90 Å². The minimum Gasteiger partial charge on any atom is -0.352 e. The van der Waals surface area contributed by atoms with Crippen LogP contribution in [0.2, 0.25) is 0 Å². The number of amides is 2. The lowest BCUT2D eigenvalue weighted by molar-refractivity contribution is -0.116. The molecule has 2 rings (SSSR count). The van der Waals surface area contributed by atoms with Gasteiger partial charge in [-0.15, -0.1) is 0 Å². The number of sulfone groups is 1. The molecule has 0 radical (unpaired) electrons. The van der Waals surface area contributed by atoms with Crippen molar-refractivity contribution in [1.29, 1.82) is 0 Å². The Morgan fingerprint density at radius 3 is 2.44 bits per heavy atom. The topological polar surface area (TPSA) is 92.3 Å². The molecule has 132 valence electrons. The van der Waals surface area contributed by atoms with Crippen LogP contribution in [0.3, 0.4) is 0 Å². The Hall–Kier alpha value is -2.67. The molecule has 25 heavy (non-hydrogen) atoms. The molecule has 0 aliphatic rings. The van der Waals surface area contributed by atoms with Gasteiger partial charge in [-0.25, -0.2) is 8.42 Å². The van der Waals surface area contributed by atoms with Gasteiger partial charge in [0.15, 0.2) is 9.84 Å². The van der Waals surface area contributed by atoms with Gasteiger partial charge in [0.25, 0.3) is 5.91 Å². The number of benzene rings is 2. The zero-order valence-electron chi connectivity index (χ0n) is 14.1. The Labute approximate surface area is 147 Å². The third kappa shape index (κ3) is 5.42. The predicted octanol–water partition coefficient (Wildman–Crippen LogP) is 2.16. The lowest BCUT2D eigenvalue weighted by Crippen LogP contribution is -2.28. The van der Waals surface area contributed by atoms with Crippen molar-refractivity contribution in [2.75, 3.05) is 18.1 Å². The van der Waals surface area contributed by atoms with Gasteiger partial charge in [-0.2, -0.15) is 0 Å². The predicted molar refractivity (Wildman–Crippen MR) is 96.3 cm³/mol. The van der Waals surface area contributed by atoms with Crippen LogP contribution < -0.4 is 10.6 Å². The highest BCUT2D eigenvalue weighted by atomic mass is 32.2. The molecule has 0 aliphatic carbocycles. The first-order valence-electron chi connectivity index (χ1n) is 7.71. The molecule has 0 atom stereocenters. The van der Waals surface area contributed by atoms with Crippen LogP contribution in [-0.4, -0.2) is 33.0 Å². The van der Waals surface area contributed by atoms with Crippen molar-refractivity contribution in [3.05, 3.63) is 59.7 Å². The summed E-state index contributed by atoms with van der Waals surface area (Å²) in [5.41, 5.74) is 1.84. The smallest absolute Gasteiger partial charge is 0.251 e. The maximum Gasteiger partial charge on any atom is 0.251 e. The average Bonchev–Trinajstić information content (AvgIpc) is 2.54. The van der Waals surface area contributed by atoms with Crippen molar-refractivity contribution < 1.29 is 18.0 Å². The molecule has 2 amide bonds. The molecular weight excluding hydrogens is 340 g/mol. The minimum absolute atomic E-state index is 0.0841. The van der Waals surface area contributed by atoms with Gasteiger partial charge in [0.2, 0.25) is 5.91 Å². The lowest BCUT2D eigenvalue weighted by atomic mass is 10.1. The summed E-state index contributed by atoms with van der Waals surface area (Å²) in [7, 11) is -3.33. The Kier molecular flexibility index (Phi) is 5.93. The Bertz CT molecular complexity index is 891. The first kappa shape index (κ1) is 18.7. The number of hydrogen-bond donors (Lipinski definition) is 2. The summed E-state index contributed by atoms with van der Waals surface area (Å²) in [5.74, 6) is -0.541. The van der Waals surface area contributed by atoms with Gasteiger partial charge < -0.3 is 10.6 Å². The van der Waals surface area contributed by atoms with E-state index in [2.05, 4.69) is 10.6 Å². The molecule has 2 aromatic carbocycles. The molecule has 0 saturated heterocycles. The van der Waals surface area contributed by atoms with Crippen LogP contribution in [0.15, 0.2) is 53.4 Å². The van der Waals surface area contributed by atoms with Crippen molar-refractivity contribution in [2.45, 2.75) is 18.2 Å². The monoisotopic (exact) mass is 360 g/mol. The van der Waals surface area contributed by atoms with Crippen molar-refractivity contribution in [2.24, 2.45) is 0 Å². The van der Waals surface area contributed by atoms with Crippen molar-refractivity contribution >= 4 is 27.3 Å². The number of rotatable bonds is 6. The molecular formula is C18H20N2O4S. The molecule has 0 aromatic heterocycles. The SMILES string of the molecule is Cc1ccccc1C(=O)NCCC(=O)Nc1cccc(S(C)(=O)=O)c1. The summed E-state index contributed by atoms with van der Waals surface area (Å²) >= 11 is 0. The van der Waals surface area contributed by atoms with E-state index in [4.69, 9.17) is 0 Å². The number of carbonyl (C=O) groups is 2. The van der Waals surface area contributed by atoms with Crippen LogP contribution in [0.4, 0.5) is 5.69 Å². The highest BCUT2D eigenvalue weighted by Gasteiger charge is 2.10.